The van der Waals surface area contributed by atoms with Gasteiger partial charge in [0, 0.05) is 13.1 Å². The van der Waals surface area contributed by atoms with Gasteiger partial charge in [-0.05, 0) is 19.1 Å². The van der Waals surface area contributed by atoms with Gasteiger partial charge in [0.25, 0.3) is 0 Å². The Balaban J connectivity index is 2.77. The highest BCUT2D eigenvalue weighted by atomic mass is 15.3. The van der Waals surface area contributed by atoms with Gasteiger partial charge in [-0.15, -0.1) is 10.2 Å². The monoisotopic (exact) mass is 167 g/mol. The standard InChI is InChI=1S/C7H13N5/c1-3-8-6-5-10-12-11-7(6)9-4-2/h5H,3-4H2,1-2H3,(H,8,12)(H,9,10,11). The third-order valence-electron chi connectivity index (χ3n) is 1.35. The summed E-state index contributed by atoms with van der Waals surface area (Å²) in [5.41, 5.74) is 0.898. The zero-order valence-corrected chi connectivity index (χ0v) is 7.33. The Morgan fingerprint density at radius 2 is 2.00 bits per heavy atom. The quantitative estimate of drug-likeness (QED) is 0.692. The molecule has 0 radical (unpaired) electrons. The molecule has 0 amide bonds. The summed E-state index contributed by atoms with van der Waals surface area (Å²) in [5.74, 6) is 0.759. The highest BCUT2D eigenvalue weighted by molar-refractivity contribution is 5.61. The SMILES string of the molecule is CCNc1cnnnc1NCC. The van der Waals surface area contributed by atoms with E-state index in [1.807, 2.05) is 13.8 Å². The van der Waals surface area contributed by atoms with Crippen LogP contribution in [-0.4, -0.2) is 28.5 Å². The molecule has 1 rings (SSSR count). The van der Waals surface area contributed by atoms with E-state index in [2.05, 4.69) is 26.0 Å². The van der Waals surface area contributed by atoms with Gasteiger partial charge in [0.2, 0.25) is 0 Å². The van der Waals surface area contributed by atoms with Crippen LogP contribution in [0.3, 0.4) is 0 Å². The zero-order chi connectivity index (χ0) is 8.81. The van der Waals surface area contributed by atoms with Crippen molar-refractivity contribution in [3.05, 3.63) is 6.20 Å². The maximum atomic E-state index is 3.85. The molecule has 1 aromatic rings. The normalized spacial score (nSPS) is 9.50. The topological polar surface area (TPSA) is 62.7 Å². The number of hydrogen-bond acceptors (Lipinski definition) is 5. The van der Waals surface area contributed by atoms with E-state index in [9.17, 15) is 0 Å². The van der Waals surface area contributed by atoms with Crippen LogP contribution in [0.4, 0.5) is 11.5 Å². The molecule has 0 aliphatic carbocycles. The first-order chi connectivity index (χ1) is 5.88. The van der Waals surface area contributed by atoms with Crippen molar-refractivity contribution < 1.29 is 0 Å². The van der Waals surface area contributed by atoms with Crippen LogP contribution in [-0.2, 0) is 0 Å². The molecule has 2 N–H and O–H groups in total. The van der Waals surface area contributed by atoms with Crippen molar-refractivity contribution >= 4 is 11.5 Å². The predicted octanol–water partition coefficient (Wildman–Crippen LogP) is 0.735. The third-order valence-corrected chi connectivity index (χ3v) is 1.35. The molecule has 1 aromatic heterocycles. The van der Waals surface area contributed by atoms with Crippen molar-refractivity contribution in [2.24, 2.45) is 0 Å². The molecule has 0 atom stereocenters. The maximum Gasteiger partial charge on any atom is 0.175 e. The summed E-state index contributed by atoms with van der Waals surface area (Å²) in [6.07, 6.45) is 1.66. The van der Waals surface area contributed by atoms with Gasteiger partial charge in [0.15, 0.2) is 5.82 Å². The zero-order valence-electron chi connectivity index (χ0n) is 7.33. The Hall–Kier alpha value is -1.39. The molecule has 0 spiro atoms. The van der Waals surface area contributed by atoms with Crippen molar-refractivity contribution in [3.8, 4) is 0 Å². The van der Waals surface area contributed by atoms with E-state index in [-0.39, 0.29) is 0 Å². The summed E-state index contributed by atoms with van der Waals surface area (Å²) in [6.45, 7) is 5.72. The molecule has 1 heterocycles. The summed E-state index contributed by atoms with van der Waals surface area (Å²) in [5, 5.41) is 17.3. The van der Waals surface area contributed by atoms with Gasteiger partial charge in [-0.2, -0.15) is 0 Å². The number of anilines is 2. The summed E-state index contributed by atoms with van der Waals surface area (Å²) >= 11 is 0. The first kappa shape index (κ1) is 8.70. The first-order valence-electron chi connectivity index (χ1n) is 4.04. The molecule has 12 heavy (non-hydrogen) atoms. The first-order valence-corrected chi connectivity index (χ1v) is 4.04. The molecule has 0 saturated carbocycles. The van der Waals surface area contributed by atoms with Crippen LogP contribution < -0.4 is 10.6 Å². The molecule has 0 saturated heterocycles. The van der Waals surface area contributed by atoms with Crippen LogP contribution >= 0.6 is 0 Å². The molecule has 0 bridgehead atoms. The van der Waals surface area contributed by atoms with E-state index < -0.39 is 0 Å². The minimum absolute atomic E-state index is 0.759. The van der Waals surface area contributed by atoms with Crippen LogP contribution in [0.25, 0.3) is 0 Å². The van der Waals surface area contributed by atoms with E-state index in [0.717, 1.165) is 24.6 Å². The van der Waals surface area contributed by atoms with E-state index >= 15 is 0 Å². The Labute approximate surface area is 71.6 Å². The van der Waals surface area contributed by atoms with Gasteiger partial charge in [-0.25, -0.2) is 0 Å². The number of nitrogens with one attached hydrogen (secondary N) is 2. The number of nitrogens with zero attached hydrogens (tertiary/aromatic N) is 3. The Morgan fingerprint density at radius 1 is 1.25 bits per heavy atom. The minimum atomic E-state index is 0.759. The van der Waals surface area contributed by atoms with Gasteiger partial charge >= 0.3 is 0 Å². The highest BCUT2D eigenvalue weighted by Crippen LogP contribution is 2.14. The fourth-order valence-corrected chi connectivity index (χ4v) is 0.887. The van der Waals surface area contributed by atoms with Crippen LogP contribution in [0.2, 0.25) is 0 Å². The lowest BCUT2D eigenvalue weighted by molar-refractivity contribution is 0.863. The van der Waals surface area contributed by atoms with Gasteiger partial charge in [0.1, 0.15) is 0 Å². The maximum absolute atomic E-state index is 3.85. The molecule has 0 unspecified atom stereocenters. The van der Waals surface area contributed by atoms with Gasteiger partial charge in [0.05, 0.1) is 11.9 Å². The van der Waals surface area contributed by atoms with Gasteiger partial charge in [-0.3, -0.25) is 0 Å². The number of hydrogen-bond donors (Lipinski definition) is 2. The second-order valence-corrected chi connectivity index (χ2v) is 2.26. The summed E-state index contributed by atoms with van der Waals surface area (Å²) < 4.78 is 0. The molecule has 5 heteroatoms. The van der Waals surface area contributed by atoms with Crippen molar-refractivity contribution in [2.75, 3.05) is 23.7 Å². The fourth-order valence-electron chi connectivity index (χ4n) is 0.887. The van der Waals surface area contributed by atoms with Gasteiger partial charge < -0.3 is 10.6 Å². The Bertz CT molecular complexity index is 212. The fraction of sp³-hybridized carbons (Fsp3) is 0.571. The number of rotatable bonds is 4. The third kappa shape index (κ3) is 2.05. The van der Waals surface area contributed by atoms with Crippen molar-refractivity contribution in [2.45, 2.75) is 13.8 Å². The molecule has 66 valence electrons. The van der Waals surface area contributed by atoms with Crippen LogP contribution in [0, 0.1) is 0 Å². The summed E-state index contributed by atoms with van der Waals surface area (Å²) in [6, 6.07) is 0. The average Bonchev–Trinajstić information content (AvgIpc) is 2.09. The van der Waals surface area contributed by atoms with Crippen molar-refractivity contribution in [1.29, 1.82) is 0 Å². The van der Waals surface area contributed by atoms with Crippen LogP contribution in [0.1, 0.15) is 13.8 Å². The summed E-state index contributed by atoms with van der Waals surface area (Å²) in [4.78, 5) is 0. The average molecular weight is 167 g/mol. The lowest BCUT2D eigenvalue weighted by Gasteiger charge is -2.07. The lowest BCUT2D eigenvalue weighted by Crippen LogP contribution is -2.07. The van der Waals surface area contributed by atoms with E-state index in [0.29, 0.717) is 0 Å². The molecular formula is C7H13N5. The highest BCUT2D eigenvalue weighted by Gasteiger charge is 2.00. The molecular weight excluding hydrogens is 154 g/mol. The second kappa shape index (κ2) is 4.48. The summed E-state index contributed by atoms with van der Waals surface area (Å²) in [7, 11) is 0. The van der Waals surface area contributed by atoms with Crippen LogP contribution in [0.15, 0.2) is 6.20 Å². The second-order valence-electron chi connectivity index (χ2n) is 2.26. The Kier molecular flexibility index (Phi) is 3.25. The molecule has 0 aromatic carbocycles. The lowest BCUT2D eigenvalue weighted by atomic mass is 10.4. The van der Waals surface area contributed by atoms with Crippen molar-refractivity contribution in [3.63, 3.8) is 0 Å². The molecule has 5 nitrogen and oxygen atoms in total. The minimum Gasteiger partial charge on any atom is -0.381 e. The number of aromatic nitrogens is 3. The molecule has 0 aliphatic rings. The van der Waals surface area contributed by atoms with E-state index in [4.69, 9.17) is 0 Å². The molecule has 0 fully saturated rings. The smallest absolute Gasteiger partial charge is 0.175 e. The van der Waals surface area contributed by atoms with Crippen molar-refractivity contribution in [1.82, 2.24) is 15.4 Å². The predicted molar refractivity (Wildman–Crippen MR) is 48.2 cm³/mol. The van der Waals surface area contributed by atoms with E-state index in [1.54, 1.807) is 6.20 Å². The Morgan fingerprint density at radius 3 is 2.67 bits per heavy atom. The molecule has 0 aliphatic heterocycles. The van der Waals surface area contributed by atoms with Gasteiger partial charge in [-0.1, -0.05) is 0 Å². The van der Waals surface area contributed by atoms with Crippen LogP contribution in [0.5, 0.6) is 0 Å². The largest absolute Gasteiger partial charge is 0.381 e. The van der Waals surface area contributed by atoms with E-state index in [1.165, 1.54) is 0 Å².